The van der Waals surface area contributed by atoms with Crippen LogP contribution in [0, 0.1) is 0 Å². The molecule has 0 unspecified atom stereocenters. The van der Waals surface area contributed by atoms with E-state index in [2.05, 4.69) is 10.7 Å². The summed E-state index contributed by atoms with van der Waals surface area (Å²) in [6, 6.07) is 0. The van der Waals surface area contributed by atoms with Crippen LogP contribution in [0.5, 0.6) is 0 Å². The van der Waals surface area contributed by atoms with Crippen molar-refractivity contribution in [3.05, 3.63) is 0 Å². The second-order valence-corrected chi connectivity index (χ2v) is 0.232. The van der Waals surface area contributed by atoms with Gasteiger partial charge in [-0.15, -0.1) is 12.4 Å². The Kier molecular flexibility index (Phi) is 16.4. The molecule has 32 valence electrons. The topological polar surface area (TPSA) is 52.3 Å². The molecule has 0 rings (SSSR count). The highest BCUT2D eigenvalue weighted by molar-refractivity contribution is 5.85. The van der Waals surface area contributed by atoms with Crippen LogP contribution in [0.4, 0.5) is 0 Å². The van der Waals surface area contributed by atoms with Crippen molar-refractivity contribution >= 4 is 18.9 Å². The largest absolute Gasteiger partial charge is 0.376 e. The fraction of sp³-hybridized carbons (Fsp3) is 0. The van der Waals surface area contributed by atoms with Crippen molar-refractivity contribution in [1.29, 1.82) is 0 Å². The van der Waals surface area contributed by atoms with E-state index in [0.717, 1.165) is 0 Å². The van der Waals surface area contributed by atoms with Gasteiger partial charge in [-0.05, 0) is 0 Å². The first-order valence-corrected chi connectivity index (χ1v) is 0.707. The van der Waals surface area contributed by atoms with Crippen molar-refractivity contribution in [3.8, 4) is 0 Å². The van der Waals surface area contributed by atoms with Gasteiger partial charge in [0.25, 0.3) is 0 Å². The molecule has 0 bridgehead atoms. The number of carbonyl (C=O) groups excluding carboxylic acids is 1. The van der Waals surface area contributed by atoms with Gasteiger partial charge >= 0.3 is 6.47 Å². The highest BCUT2D eigenvalue weighted by Gasteiger charge is 1.44. The quantitative estimate of drug-likeness (QED) is 0.353. The number of halogens is 1. The average molecular weight is 97.5 g/mol. The number of carbonyl (C=O) groups is 1. The lowest BCUT2D eigenvalue weighted by molar-refractivity contribution is -0.129. The molecule has 0 heterocycles. The molecule has 2 N–H and O–H groups in total. The monoisotopic (exact) mass is 97.0 g/mol. The third-order valence-electron chi connectivity index (χ3n) is 0.0556. The number of hydrogen-bond acceptors (Lipinski definition) is 3. The van der Waals surface area contributed by atoms with Crippen molar-refractivity contribution in [3.63, 3.8) is 0 Å². The van der Waals surface area contributed by atoms with Crippen LogP contribution >= 0.6 is 12.4 Å². The molecule has 4 heteroatoms. The van der Waals surface area contributed by atoms with Crippen LogP contribution in [0.3, 0.4) is 0 Å². The molecule has 0 aliphatic rings. The molecule has 0 aliphatic carbocycles. The van der Waals surface area contributed by atoms with Gasteiger partial charge in [0.15, 0.2) is 0 Å². The van der Waals surface area contributed by atoms with Crippen LogP contribution in [-0.4, -0.2) is 6.47 Å². The van der Waals surface area contributed by atoms with Gasteiger partial charge < -0.3 is 4.84 Å². The summed E-state index contributed by atoms with van der Waals surface area (Å²) in [5.41, 5.74) is 0. The van der Waals surface area contributed by atoms with Gasteiger partial charge in [-0.2, -0.15) is 5.90 Å². The Balaban J connectivity index is 0. The summed E-state index contributed by atoms with van der Waals surface area (Å²) in [5.74, 6) is 4.16. The summed E-state index contributed by atoms with van der Waals surface area (Å²) in [6.45, 7) is 0.153. The molecule has 0 aliphatic heterocycles. The molecule has 0 aromatic heterocycles. The van der Waals surface area contributed by atoms with Crippen LogP contribution in [0.15, 0.2) is 0 Å². The molecule has 3 nitrogen and oxygen atoms in total. The van der Waals surface area contributed by atoms with E-state index in [-0.39, 0.29) is 18.9 Å². The minimum Gasteiger partial charge on any atom is -0.376 e. The maximum Gasteiger partial charge on any atom is 0.312 e. The zero-order valence-electron chi connectivity index (χ0n) is 2.38. The predicted molar refractivity (Wildman–Crippen MR) is 18.6 cm³/mol. The van der Waals surface area contributed by atoms with Crippen molar-refractivity contribution in [2.24, 2.45) is 5.90 Å². The highest BCUT2D eigenvalue weighted by Crippen LogP contribution is 1.24. The van der Waals surface area contributed by atoms with Gasteiger partial charge in [0.05, 0.1) is 0 Å². The molecule has 0 aromatic carbocycles. The Morgan fingerprint density at radius 1 is 1.80 bits per heavy atom. The molecule has 0 spiro atoms. The molecule has 0 radical (unpaired) electrons. The zero-order valence-corrected chi connectivity index (χ0v) is 3.20. The molecule has 0 atom stereocenters. The summed E-state index contributed by atoms with van der Waals surface area (Å²) in [7, 11) is 0. The van der Waals surface area contributed by atoms with E-state index in [1.807, 2.05) is 0 Å². The molecule has 0 amide bonds. The van der Waals surface area contributed by atoms with Crippen LogP contribution in [-0.2, 0) is 9.63 Å². The fourth-order valence-electron chi connectivity index (χ4n) is 0. The molecule has 0 aromatic rings. The number of rotatable bonds is 1. The summed E-state index contributed by atoms with van der Waals surface area (Å²) in [6.07, 6.45) is 0. The Labute approximate surface area is 35.5 Å². The molecule has 5 heavy (non-hydrogen) atoms. The Hall–Kier alpha value is -0.280. The SMILES string of the molecule is Cl.NOC=O. The van der Waals surface area contributed by atoms with Gasteiger partial charge in [-0.25, -0.2) is 0 Å². The normalized spacial score (nSPS) is 4.20. The molecular formula is CH4ClNO2. The van der Waals surface area contributed by atoms with E-state index in [9.17, 15) is 0 Å². The lowest BCUT2D eigenvalue weighted by atomic mass is 11.6. The van der Waals surface area contributed by atoms with Crippen LogP contribution in [0.2, 0.25) is 0 Å². The maximum atomic E-state index is 8.83. The van der Waals surface area contributed by atoms with E-state index in [4.69, 9.17) is 4.79 Å². The average Bonchev–Trinajstić information content (AvgIpc) is 1.37. The van der Waals surface area contributed by atoms with Gasteiger partial charge in [-0.3, -0.25) is 4.79 Å². The highest BCUT2D eigenvalue weighted by atomic mass is 35.5. The van der Waals surface area contributed by atoms with Crippen molar-refractivity contribution in [1.82, 2.24) is 0 Å². The smallest absolute Gasteiger partial charge is 0.312 e. The lowest BCUT2D eigenvalue weighted by Crippen LogP contribution is -1.92. The van der Waals surface area contributed by atoms with E-state index < -0.39 is 0 Å². The Morgan fingerprint density at radius 3 is 2.00 bits per heavy atom. The summed E-state index contributed by atoms with van der Waals surface area (Å²) in [5, 5.41) is 0. The van der Waals surface area contributed by atoms with Crippen molar-refractivity contribution in [2.75, 3.05) is 0 Å². The third kappa shape index (κ3) is 21.2. The van der Waals surface area contributed by atoms with Gasteiger partial charge in [0.1, 0.15) is 0 Å². The van der Waals surface area contributed by atoms with Gasteiger partial charge in [-0.1, -0.05) is 0 Å². The standard InChI is InChI=1S/CH3NO2.ClH/c2-4-1-3;/h1H,2H2;1H. The zero-order chi connectivity index (χ0) is 3.41. The Bertz CT molecular complexity index is 23.6. The first kappa shape index (κ1) is 8.83. The summed E-state index contributed by atoms with van der Waals surface area (Å²) >= 11 is 0. The van der Waals surface area contributed by atoms with E-state index >= 15 is 0 Å². The second kappa shape index (κ2) is 9.30. The number of nitrogens with two attached hydrogens (primary N) is 1. The first-order chi connectivity index (χ1) is 1.91. The minimum atomic E-state index is 0. The van der Waals surface area contributed by atoms with E-state index in [1.165, 1.54) is 0 Å². The van der Waals surface area contributed by atoms with E-state index in [1.54, 1.807) is 0 Å². The summed E-state index contributed by atoms with van der Waals surface area (Å²) < 4.78 is 0. The van der Waals surface area contributed by atoms with E-state index in [0.29, 0.717) is 0 Å². The Morgan fingerprint density at radius 2 is 2.00 bits per heavy atom. The maximum absolute atomic E-state index is 8.83. The minimum absolute atomic E-state index is 0. The second-order valence-electron chi connectivity index (χ2n) is 0.232. The number of hydrogen-bond donors (Lipinski definition) is 1. The van der Waals surface area contributed by atoms with Crippen molar-refractivity contribution in [2.45, 2.75) is 0 Å². The predicted octanol–water partition coefficient (Wildman–Crippen LogP) is -0.545. The van der Waals surface area contributed by atoms with Crippen LogP contribution in [0.25, 0.3) is 0 Å². The lowest BCUT2D eigenvalue weighted by Gasteiger charge is -1.66. The van der Waals surface area contributed by atoms with Crippen LogP contribution in [0.1, 0.15) is 0 Å². The van der Waals surface area contributed by atoms with Crippen molar-refractivity contribution < 1.29 is 9.63 Å². The molecule has 0 fully saturated rings. The molecule has 0 saturated heterocycles. The third-order valence-corrected chi connectivity index (χ3v) is 0.0556. The fourth-order valence-corrected chi connectivity index (χ4v) is 0. The van der Waals surface area contributed by atoms with Crippen LogP contribution < -0.4 is 5.90 Å². The summed E-state index contributed by atoms with van der Waals surface area (Å²) in [4.78, 5) is 12.2. The van der Waals surface area contributed by atoms with Gasteiger partial charge in [0, 0.05) is 0 Å². The molecular weight excluding hydrogens is 93.5 g/mol. The first-order valence-electron chi connectivity index (χ1n) is 0.707. The van der Waals surface area contributed by atoms with Gasteiger partial charge in [0.2, 0.25) is 0 Å². The molecule has 0 saturated carbocycles.